The van der Waals surface area contributed by atoms with E-state index < -0.39 is 28.3 Å². The maximum Gasteiger partial charge on any atom is 0.243 e. The van der Waals surface area contributed by atoms with E-state index in [4.69, 9.17) is 11.6 Å². The number of nitrogens with zero attached hydrogens (tertiary/aromatic N) is 1. The van der Waals surface area contributed by atoms with E-state index in [9.17, 15) is 22.4 Å². The smallest absolute Gasteiger partial charge is 0.243 e. The van der Waals surface area contributed by atoms with Gasteiger partial charge in [0.05, 0.1) is 11.4 Å². The summed E-state index contributed by atoms with van der Waals surface area (Å²) in [6.07, 6.45) is 0. The van der Waals surface area contributed by atoms with Crippen molar-refractivity contribution in [2.75, 3.05) is 17.2 Å². The van der Waals surface area contributed by atoms with Gasteiger partial charge in [0.2, 0.25) is 21.8 Å². The SMILES string of the molecule is CC(=O)Nc1cccc(NC(=O)CN(Cc2ccc(F)cc2)S(=O)(=O)c2cccc(Cl)c2)c1. The zero-order chi connectivity index (χ0) is 24.0. The minimum atomic E-state index is -4.11. The van der Waals surface area contributed by atoms with Crippen molar-refractivity contribution in [3.8, 4) is 0 Å². The second kappa shape index (κ2) is 10.6. The maximum atomic E-state index is 13.3. The van der Waals surface area contributed by atoms with E-state index in [1.165, 1.54) is 49.4 Å². The molecule has 3 aromatic rings. The lowest BCUT2D eigenvalue weighted by atomic mass is 10.2. The lowest BCUT2D eigenvalue weighted by Gasteiger charge is -2.22. The molecule has 7 nitrogen and oxygen atoms in total. The molecule has 0 saturated heterocycles. The van der Waals surface area contributed by atoms with E-state index in [2.05, 4.69) is 10.6 Å². The lowest BCUT2D eigenvalue weighted by Crippen LogP contribution is -2.37. The molecule has 0 atom stereocenters. The Morgan fingerprint density at radius 3 is 2.21 bits per heavy atom. The standard InChI is InChI=1S/C23H21ClFN3O4S/c1-16(29)26-20-5-3-6-21(13-20)27-23(30)15-28(14-17-8-10-19(25)11-9-17)33(31,32)22-7-2-4-18(24)12-22/h2-13H,14-15H2,1H3,(H,26,29)(H,27,30). The van der Waals surface area contributed by atoms with Gasteiger partial charge in [0.1, 0.15) is 5.82 Å². The van der Waals surface area contributed by atoms with Crippen molar-refractivity contribution in [2.24, 2.45) is 0 Å². The van der Waals surface area contributed by atoms with Crippen LogP contribution in [0.5, 0.6) is 0 Å². The summed E-state index contributed by atoms with van der Waals surface area (Å²) in [7, 11) is -4.11. The van der Waals surface area contributed by atoms with Crippen molar-refractivity contribution in [2.45, 2.75) is 18.4 Å². The van der Waals surface area contributed by atoms with Crippen LogP contribution in [0.2, 0.25) is 5.02 Å². The molecule has 0 radical (unpaired) electrons. The minimum absolute atomic E-state index is 0.0717. The first-order valence-electron chi connectivity index (χ1n) is 9.81. The molecule has 10 heteroatoms. The lowest BCUT2D eigenvalue weighted by molar-refractivity contribution is -0.116. The first kappa shape index (κ1) is 24.4. The van der Waals surface area contributed by atoms with Gasteiger partial charge < -0.3 is 10.6 Å². The quantitative estimate of drug-likeness (QED) is 0.494. The summed E-state index contributed by atoms with van der Waals surface area (Å²) in [6, 6.07) is 17.5. The summed E-state index contributed by atoms with van der Waals surface area (Å²) < 4.78 is 40.8. The molecule has 0 aromatic heterocycles. The van der Waals surface area contributed by atoms with Crippen molar-refractivity contribution in [1.82, 2.24) is 4.31 Å². The number of carbonyl (C=O) groups is 2. The number of sulfonamides is 1. The number of rotatable bonds is 8. The van der Waals surface area contributed by atoms with E-state index in [0.29, 0.717) is 16.9 Å². The zero-order valence-corrected chi connectivity index (χ0v) is 19.2. The predicted molar refractivity (Wildman–Crippen MR) is 125 cm³/mol. The van der Waals surface area contributed by atoms with E-state index in [1.807, 2.05) is 0 Å². The summed E-state index contributed by atoms with van der Waals surface area (Å²) in [5, 5.41) is 5.47. The van der Waals surface area contributed by atoms with Crippen LogP contribution in [0.15, 0.2) is 77.7 Å². The highest BCUT2D eigenvalue weighted by Gasteiger charge is 2.27. The van der Waals surface area contributed by atoms with Gasteiger partial charge in [-0.3, -0.25) is 9.59 Å². The molecule has 0 aliphatic heterocycles. The number of carbonyl (C=O) groups excluding carboxylic acids is 2. The Kier molecular flexibility index (Phi) is 7.80. The van der Waals surface area contributed by atoms with Gasteiger partial charge in [0.15, 0.2) is 0 Å². The van der Waals surface area contributed by atoms with Gasteiger partial charge in [-0.25, -0.2) is 12.8 Å². The molecule has 172 valence electrons. The van der Waals surface area contributed by atoms with Gasteiger partial charge >= 0.3 is 0 Å². The van der Waals surface area contributed by atoms with Crippen molar-refractivity contribution >= 4 is 44.8 Å². The van der Waals surface area contributed by atoms with E-state index in [1.54, 1.807) is 30.3 Å². The van der Waals surface area contributed by atoms with Crippen molar-refractivity contribution < 1.29 is 22.4 Å². The number of hydrogen-bond acceptors (Lipinski definition) is 4. The molecule has 2 N–H and O–H groups in total. The van der Waals surface area contributed by atoms with Crippen LogP contribution in [-0.2, 0) is 26.2 Å². The normalized spacial score (nSPS) is 11.3. The van der Waals surface area contributed by atoms with Gasteiger partial charge in [-0.1, -0.05) is 35.9 Å². The monoisotopic (exact) mass is 489 g/mol. The minimum Gasteiger partial charge on any atom is -0.326 e. The number of amides is 2. The highest BCUT2D eigenvalue weighted by molar-refractivity contribution is 7.89. The molecule has 0 spiro atoms. The maximum absolute atomic E-state index is 13.3. The third kappa shape index (κ3) is 6.85. The van der Waals surface area contributed by atoms with E-state index >= 15 is 0 Å². The molecule has 0 heterocycles. The molecule has 33 heavy (non-hydrogen) atoms. The fraction of sp³-hybridized carbons (Fsp3) is 0.130. The fourth-order valence-electron chi connectivity index (χ4n) is 3.03. The van der Waals surface area contributed by atoms with Gasteiger partial charge in [0, 0.05) is 29.9 Å². The molecular weight excluding hydrogens is 469 g/mol. The zero-order valence-electron chi connectivity index (χ0n) is 17.6. The van der Waals surface area contributed by atoms with Crippen LogP contribution in [0.4, 0.5) is 15.8 Å². The Bertz CT molecular complexity index is 1270. The summed E-state index contributed by atoms with van der Waals surface area (Å²) in [4.78, 5) is 23.9. The molecular formula is C23H21ClFN3O4S. The molecule has 0 bridgehead atoms. The Balaban J connectivity index is 1.85. The Labute approximate surface area is 196 Å². The topological polar surface area (TPSA) is 95.6 Å². The summed E-state index contributed by atoms with van der Waals surface area (Å²) in [5.74, 6) is -1.32. The van der Waals surface area contributed by atoms with Gasteiger partial charge in [-0.2, -0.15) is 4.31 Å². The Hall–Kier alpha value is -3.27. The van der Waals surface area contributed by atoms with Gasteiger partial charge in [-0.05, 0) is 54.1 Å². The third-order valence-electron chi connectivity index (χ3n) is 4.49. The van der Waals surface area contributed by atoms with Crippen molar-refractivity contribution in [3.63, 3.8) is 0 Å². The molecule has 0 fully saturated rings. The number of halogens is 2. The first-order valence-corrected chi connectivity index (χ1v) is 11.6. The first-order chi connectivity index (χ1) is 15.6. The van der Waals surface area contributed by atoms with Gasteiger partial charge in [0.25, 0.3) is 0 Å². The van der Waals surface area contributed by atoms with E-state index in [-0.39, 0.29) is 22.4 Å². The van der Waals surface area contributed by atoms with Crippen LogP contribution in [0.25, 0.3) is 0 Å². The summed E-state index contributed by atoms with van der Waals surface area (Å²) in [6.45, 7) is 0.699. The number of anilines is 2. The highest BCUT2D eigenvalue weighted by atomic mass is 35.5. The van der Waals surface area contributed by atoms with Crippen LogP contribution in [0.1, 0.15) is 12.5 Å². The van der Waals surface area contributed by atoms with Crippen LogP contribution < -0.4 is 10.6 Å². The van der Waals surface area contributed by atoms with Crippen LogP contribution >= 0.6 is 11.6 Å². The number of hydrogen-bond donors (Lipinski definition) is 2. The van der Waals surface area contributed by atoms with Crippen molar-refractivity contribution in [1.29, 1.82) is 0 Å². The summed E-state index contributed by atoms with van der Waals surface area (Å²) >= 11 is 5.96. The third-order valence-corrected chi connectivity index (χ3v) is 6.52. The largest absolute Gasteiger partial charge is 0.326 e. The average Bonchev–Trinajstić information content (AvgIpc) is 2.74. The Morgan fingerprint density at radius 2 is 1.58 bits per heavy atom. The molecule has 0 unspecified atom stereocenters. The number of nitrogens with one attached hydrogen (secondary N) is 2. The molecule has 3 rings (SSSR count). The molecule has 0 aliphatic carbocycles. The molecule has 2 amide bonds. The highest BCUT2D eigenvalue weighted by Crippen LogP contribution is 2.22. The van der Waals surface area contributed by atoms with Gasteiger partial charge in [-0.15, -0.1) is 0 Å². The second-order valence-corrected chi connectivity index (χ2v) is 9.54. The predicted octanol–water partition coefficient (Wildman–Crippen LogP) is 4.27. The van der Waals surface area contributed by atoms with Crippen LogP contribution in [-0.4, -0.2) is 31.1 Å². The van der Waals surface area contributed by atoms with Crippen LogP contribution in [0, 0.1) is 5.82 Å². The molecule has 0 saturated carbocycles. The summed E-state index contributed by atoms with van der Waals surface area (Å²) in [5.41, 5.74) is 1.37. The number of benzene rings is 3. The van der Waals surface area contributed by atoms with Crippen molar-refractivity contribution in [3.05, 3.63) is 89.2 Å². The average molecular weight is 490 g/mol. The molecule has 3 aromatic carbocycles. The van der Waals surface area contributed by atoms with Crippen LogP contribution in [0.3, 0.4) is 0 Å². The second-order valence-electron chi connectivity index (χ2n) is 7.17. The molecule has 0 aliphatic rings. The fourth-order valence-corrected chi connectivity index (χ4v) is 4.72. The Morgan fingerprint density at radius 1 is 0.939 bits per heavy atom. The van der Waals surface area contributed by atoms with E-state index in [0.717, 1.165) is 4.31 Å².